The number of halogens is 1. The van der Waals surface area contributed by atoms with Crippen LogP contribution in [0.5, 0.6) is 0 Å². The molecule has 8 heteroatoms. The minimum atomic E-state index is -0.427. The molecule has 1 atom stereocenters. The molecule has 0 bridgehead atoms. The minimum Gasteiger partial charge on any atom is -0.353 e. The van der Waals surface area contributed by atoms with E-state index < -0.39 is 4.92 Å². The van der Waals surface area contributed by atoms with E-state index in [0.717, 1.165) is 32.0 Å². The van der Waals surface area contributed by atoms with Crippen molar-refractivity contribution in [1.29, 1.82) is 5.26 Å². The first-order valence-electron chi connectivity index (χ1n) is 6.63. The van der Waals surface area contributed by atoms with Crippen LogP contribution in [0.25, 0.3) is 0 Å². The molecular weight excluding hydrogens is 338 g/mol. The van der Waals surface area contributed by atoms with Crippen LogP contribution in [-0.2, 0) is 0 Å². The smallest absolute Gasteiger partial charge is 0.291 e. The second-order valence-electron chi connectivity index (χ2n) is 4.99. The first-order valence-corrected chi connectivity index (χ1v) is 7.43. The molecular formula is C13H16BrN5O2. The molecule has 21 heavy (non-hydrogen) atoms. The maximum Gasteiger partial charge on any atom is 0.291 e. The molecule has 0 spiro atoms. The zero-order valence-corrected chi connectivity index (χ0v) is 13.5. The zero-order chi connectivity index (χ0) is 15.6. The predicted molar refractivity (Wildman–Crippen MR) is 82.2 cm³/mol. The molecule has 1 aromatic rings. The van der Waals surface area contributed by atoms with E-state index in [1.165, 1.54) is 6.20 Å². The highest BCUT2D eigenvalue weighted by Crippen LogP contribution is 2.33. The lowest BCUT2D eigenvalue weighted by Crippen LogP contribution is -2.49. The Labute approximate surface area is 131 Å². The monoisotopic (exact) mass is 353 g/mol. The molecule has 1 saturated heterocycles. The van der Waals surface area contributed by atoms with Crippen LogP contribution in [0.1, 0.15) is 12.5 Å². The van der Waals surface area contributed by atoms with Gasteiger partial charge in [-0.1, -0.05) is 0 Å². The molecule has 2 rings (SSSR count). The molecule has 1 fully saturated rings. The van der Waals surface area contributed by atoms with Gasteiger partial charge in [-0.25, -0.2) is 4.98 Å². The van der Waals surface area contributed by atoms with Crippen LogP contribution in [0.15, 0.2) is 10.7 Å². The van der Waals surface area contributed by atoms with Gasteiger partial charge in [-0.15, -0.1) is 0 Å². The summed E-state index contributed by atoms with van der Waals surface area (Å²) >= 11 is 3.42. The summed E-state index contributed by atoms with van der Waals surface area (Å²) in [5, 5.41) is 19.9. The quantitative estimate of drug-likeness (QED) is 0.610. The van der Waals surface area contributed by atoms with Crippen LogP contribution < -0.4 is 4.90 Å². The largest absolute Gasteiger partial charge is 0.353 e. The molecule has 0 aromatic carbocycles. The summed E-state index contributed by atoms with van der Waals surface area (Å²) in [5.41, 5.74) is 0.597. The second-order valence-corrected chi connectivity index (χ2v) is 5.78. The fourth-order valence-electron chi connectivity index (χ4n) is 2.36. The summed E-state index contributed by atoms with van der Waals surface area (Å²) in [4.78, 5) is 18.9. The average Bonchev–Trinajstić information content (AvgIpc) is 2.49. The standard InChI is InChI=1S/C13H16BrN5O2/c1-9(7-15)17-3-5-18(6-4-17)13-12(14)10(2)11(8-16-13)19(20)21/h8-9H,3-6H2,1-2H3. The number of nitrogens with zero attached hydrogens (tertiary/aromatic N) is 5. The van der Waals surface area contributed by atoms with Gasteiger partial charge in [0.1, 0.15) is 12.0 Å². The van der Waals surface area contributed by atoms with Crippen LogP contribution in [-0.4, -0.2) is 47.0 Å². The molecule has 0 radical (unpaired) electrons. The molecule has 7 nitrogen and oxygen atoms in total. The van der Waals surface area contributed by atoms with Crippen molar-refractivity contribution in [2.45, 2.75) is 19.9 Å². The van der Waals surface area contributed by atoms with E-state index in [1.807, 2.05) is 6.92 Å². The molecule has 1 aliphatic rings. The van der Waals surface area contributed by atoms with E-state index >= 15 is 0 Å². The van der Waals surface area contributed by atoms with Gasteiger partial charge in [0, 0.05) is 31.7 Å². The van der Waals surface area contributed by atoms with Gasteiger partial charge in [-0.2, -0.15) is 5.26 Å². The fourth-order valence-corrected chi connectivity index (χ4v) is 2.92. The molecule has 1 aromatic heterocycles. The lowest BCUT2D eigenvalue weighted by Gasteiger charge is -2.36. The third kappa shape index (κ3) is 3.14. The van der Waals surface area contributed by atoms with Gasteiger partial charge >= 0.3 is 0 Å². The summed E-state index contributed by atoms with van der Waals surface area (Å²) < 4.78 is 0.665. The molecule has 112 valence electrons. The predicted octanol–water partition coefficient (Wildman–Crippen LogP) is 2.09. The van der Waals surface area contributed by atoms with Crippen LogP contribution in [0, 0.1) is 28.4 Å². The molecule has 0 amide bonds. The van der Waals surface area contributed by atoms with E-state index in [2.05, 4.69) is 36.8 Å². The Hall–Kier alpha value is -1.72. The highest BCUT2D eigenvalue weighted by Gasteiger charge is 2.25. The maximum atomic E-state index is 10.9. The Bertz CT molecular complexity index is 593. The normalized spacial score (nSPS) is 17.3. The molecule has 1 aliphatic heterocycles. The number of anilines is 1. The van der Waals surface area contributed by atoms with Crippen molar-refractivity contribution >= 4 is 27.4 Å². The molecule has 0 aliphatic carbocycles. The number of nitro groups is 1. The third-order valence-electron chi connectivity index (χ3n) is 3.76. The van der Waals surface area contributed by atoms with Gasteiger partial charge in [0.25, 0.3) is 5.69 Å². The Morgan fingerprint density at radius 2 is 2.10 bits per heavy atom. The fraction of sp³-hybridized carbons (Fsp3) is 0.538. The number of rotatable bonds is 3. The van der Waals surface area contributed by atoms with E-state index in [1.54, 1.807) is 6.92 Å². The lowest BCUT2D eigenvalue weighted by molar-refractivity contribution is -0.385. The van der Waals surface area contributed by atoms with E-state index in [4.69, 9.17) is 5.26 Å². The van der Waals surface area contributed by atoms with Gasteiger partial charge < -0.3 is 4.90 Å². The molecule has 2 heterocycles. The van der Waals surface area contributed by atoms with Crippen LogP contribution >= 0.6 is 15.9 Å². The van der Waals surface area contributed by atoms with Crippen molar-refractivity contribution < 1.29 is 4.92 Å². The van der Waals surface area contributed by atoms with Gasteiger partial charge in [-0.05, 0) is 29.8 Å². The van der Waals surface area contributed by atoms with Crippen LogP contribution in [0.3, 0.4) is 0 Å². The highest BCUT2D eigenvalue weighted by molar-refractivity contribution is 9.10. The molecule has 1 unspecified atom stereocenters. The van der Waals surface area contributed by atoms with Gasteiger partial charge in [0.05, 0.1) is 21.5 Å². The van der Waals surface area contributed by atoms with Gasteiger partial charge in [0.2, 0.25) is 0 Å². The zero-order valence-electron chi connectivity index (χ0n) is 11.9. The summed E-state index contributed by atoms with van der Waals surface area (Å²) in [6.45, 7) is 6.64. The van der Waals surface area contributed by atoms with Crippen molar-refractivity contribution in [2.75, 3.05) is 31.1 Å². The Kier molecular flexibility index (Phi) is 4.75. The number of hydrogen-bond donors (Lipinski definition) is 0. The van der Waals surface area contributed by atoms with Crippen molar-refractivity contribution in [1.82, 2.24) is 9.88 Å². The first kappa shape index (κ1) is 15.7. The minimum absolute atomic E-state index is 0.0161. The number of hydrogen-bond acceptors (Lipinski definition) is 6. The van der Waals surface area contributed by atoms with Crippen molar-refractivity contribution in [3.05, 3.63) is 26.3 Å². The lowest BCUT2D eigenvalue weighted by atomic mass is 10.2. The van der Waals surface area contributed by atoms with Gasteiger partial charge in [-0.3, -0.25) is 15.0 Å². The summed E-state index contributed by atoms with van der Waals surface area (Å²) in [7, 11) is 0. The number of nitriles is 1. The average molecular weight is 354 g/mol. The second kappa shape index (κ2) is 6.37. The maximum absolute atomic E-state index is 10.9. The third-order valence-corrected chi connectivity index (χ3v) is 4.71. The van der Waals surface area contributed by atoms with Crippen LogP contribution in [0.2, 0.25) is 0 Å². The van der Waals surface area contributed by atoms with Crippen molar-refractivity contribution in [2.24, 2.45) is 0 Å². The van der Waals surface area contributed by atoms with Crippen molar-refractivity contribution in [3.63, 3.8) is 0 Å². The summed E-state index contributed by atoms with van der Waals surface area (Å²) in [6.07, 6.45) is 1.31. The SMILES string of the molecule is Cc1c([N+](=O)[O-])cnc(N2CCN(C(C)C#N)CC2)c1Br. The Morgan fingerprint density at radius 3 is 2.62 bits per heavy atom. The van der Waals surface area contributed by atoms with Crippen LogP contribution in [0.4, 0.5) is 11.5 Å². The number of piperazine rings is 1. The Morgan fingerprint density at radius 1 is 1.48 bits per heavy atom. The first-order chi connectivity index (χ1) is 9.95. The van der Waals surface area contributed by atoms with E-state index in [-0.39, 0.29) is 11.7 Å². The van der Waals surface area contributed by atoms with Crippen molar-refractivity contribution in [3.8, 4) is 6.07 Å². The molecule has 0 saturated carbocycles. The topological polar surface area (TPSA) is 86.3 Å². The highest BCUT2D eigenvalue weighted by atomic mass is 79.9. The van der Waals surface area contributed by atoms with Gasteiger partial charge in [0.15, 0.2) is 0 Å². The summed E-state index contributed by atoms with van der Waals surface area (Å²) in [5.74, 6) is 0.724. The molecule has 0 N–H and O–H groups in total. The number of pyridine rings is 1. The summed E-state index contributed by atoms with van der Waals surface area (Å²) in [6, 6.07) is 2.14. The van der Waals surface area contributed by atoms with E-state index in [0.29, 0.717) is 10.0 Å². The Balaban J connectivity index is 2.16. The van der Waals surface area contributed by atoms with E-state index in [9.17, 15) is 10.1 Å². The number of aromatic nitrogens is 1.